The predicted molar refractivity (Wildman–Crippen MR) is 128 cm³/mol. The van der Waals surface area contributed by atoms with E-state index in [4.69, 9.17) is 0 Å². The number of carbonyl (C=O) groups excluding carboxylic acids is 2. The van der Waals surface area contributed by atoms with Crippen LogP contribution in [0, 0.1) is 5.82 Å². The van der Waals surface area contributed by atoms with Gasteiger partial charge in [0.2, 0.25) is 5.91 Å². The lowest BCUT2D eigenvalue weighted by molar-refractivity contribution is -0.116. The molecule has 0 saturated carbocycles. The summed E-state index contributed by atoms with van der Waals surface area (Å²) in [4.78, 5) is 29.2. The number of imidazole rings is 1. The van der Waals surface area contributed by atoms with E-state index in [-0.39, 0.29) is 24.1 Å². The topological polar surface area (TPSA) is 76.0 Å². The monoisotopic (exact) mass is 462 g/mol. The molecule has 0 fully saturated rings. The average molecular weight is 463 g/mol. The Labute approximate surface area is 195 Å². The van der Waals surface area contributed by atoms with Gasteiger partial charge in [-0.05, 0) is 47.7 Å². The molecule has 2 heterocycles. The number of benzene rings is 2. The molecule has 8 heteroatoms. The molecule has 0 aliphatic rings. The van der Waals surface area contributed by atoms with Crippen molar-refractivity contribution in [2.75, 3.05) is 11.9 Å². The lowest BCUT2D eigenvalue weighted by atomic mass is 10.1. The van der Waals surface area contributed by atoms with Crippen molar-refractivity contribution >= 4 is 29.0 Å². The molecule has 0 unspecified atom stereocenters. The fourth-order valence-electron chi connectivity index (χ4n) is 3.37. The Hall–Kier alpha value is -3.78. The van der Waals surface area contributed by atoms with Crippen molar-refractivity contribution in [3.05, 3.63) is 94.7 Å². The van der Waals surface area contributed by atoms with Gasteiger partial charge in [-0.1, -0.05) is 30.3 Å². The molecule has 0 saturated heterocycles. The first kappa shape index (κ1) is 22.4. The van der Waals surface area contributed by atoms with E-state index in [0.717, 1.165) is 5.56 Å². The minimum Gasteiger partial charge on any atom is -0.352 e. The van der Waals surface area contributed by atoms with E-state index in [1.165, 1.54) is 23.5 Å². The van der Waals surface area contributed by atoms with E-state index in [9.17, 15) is 14.0 Å². The molecule has 0 bridgehead atoms. The third-order valence-corrected chi connectivity index (χ3v) is 5.74. The first-order valence-corrected chi connectivity index (χ1v) is 11.5. The number of hydrogen-bond acceptors (Lipinski definition) is 4. The normalized spacial score (nSPS) is 10.7. The Morgan fingerprint density at radius 3 is 2.55 bits per heavy atom. The highest BCUT2D eigenvalue weighted by Crippen LogP contribution is 2.28. The maximum absolute atomic E-state index is 13.4. The maximum Gasteiger partial charge on any atom is 0.252 e. The van der Waals surface area contributed by atoms with E-state index < -0.39 is 0 Å². The van der Waals surface area contributed by atoms with Gasteiger partial charge in [-0.15, -0.1) is 0 Å². The summed E-state index contributed by atoms with van der Waals surface area (Å²) in [6.07, 6.45) is 2.41. The van der Waals surface area contributed by atoms with Crippen LogP contribution in [-0.4, -0.2) is 27.9 Å². The highest BCUT2D eigenvalue weighted by atomic mass is 32.1. The lowest BCUT2D eigenvalue weighted by Crippen LogP contribution is -2.25. The summed E-state index contributed by atoms with van der Waals surface area (Å²) in [5, 5.41) is 9.42. The van der Waals surface area contributed by atoms with Crippen molar-refractivity contribution in [1.29, 1.82) is 0 Å². The number of amides is 2. The van der Waals surface area contributed by atoms with Crippen molar-refractivity contribution < 1.29 is 14.0 Å². The van der Waals surface area contributed by atoms with Crippen LogP contribution < -0.4 is 10.6 Å². The van der Waals surface area contributed by atoms with Gasteiger partial charge in [-0.2, -0.15) is 11.3 Å². The Morgan fingerprint density at radius 2 is 1.82 bits per heavy atom. The van der Waals surface area contributed by atoms with Crippen LogP contribution in [0.3, 0.4) is 0 Å². The minimum atomic E-state index is -0.336. The Morgan fingerprint density at radius 1 is 1.03 bits per heavy atom. The molecule has 33 heavy (non-hydrogen) atoms. The van der Waals surface area contributed by atoms with E-state index in [0.29, 0.717) is 42.1 Å². The molecule has 0 atom stereocenters. The largest absolute Gasteiger partial charge is 0.352 e. The molecule has 0 radical (unpaired) electrons. The molecule has 4 aromatic rings. The molecule has 2 amide bonds. The molecule has 2 aromatic carbocycles. The first-order valence-electron chi connectivity index (χ1n) is 10.6. The summed E-state index contributed by atoms with van der Waals surface area (Å²) >= 11 is 1.46. The number of carbonyl (C=O) groups is 2. The SMILES string of the molecule is O=C(CCCNC(=O)c1ccsc1)Nc1c(-c2ccc(F)cc2)ncn1Cc1ccccc1. The smallest absolute Gasteiger partial charge is 0.252 e. The minimum absolute atomic E-state index is 0.142. The van der Waals surface area contributed by atoms with Gasteiger partial charge in [-0.25, -0.2) is 9.37 Å². The molecule has 168 valence electrons. The molecule has 2 aromatic heterocycles. The highest BCUT2D eigenvalue weighted by molar-refractivity contribution is 7.08. The van der Waals surface area contributed by atoms with Crippen LogP contribution in [-0.2, 0) is 11.3 Å². The second-order valence-corrected chi connectivity index (χ2v) is 8.26. The van der Waals surface area contributed by atoms with Gasteiger partial charge in [0, 0.05) is 29.5 Å². The summed E-state index contributed by atoms with van der Waals surface area (Å²) in [7, 11) is 0. The second-order valence-electron chi connectivity index (χ2n) is 7.48. The van der Waals surface area contributed by atoms with E-state index in [1.54, 1.807) is 29.9 Å². The van der Waals surface area contributed by atoms with E-state index >= 15 is 0 Å². The zero-order valence-corrected chi connectivity index (χ0v) is 18.6. The molecule has 2 N–H and O–H groups in total. The van der Waals surface area contributed by atoms with Gasteiger partial charge < -0.3 is 15.2 Å². The van der Waals surface area contributed by atoms with Crippen LogP contribution >= 0.6 is 11.3 Å². The van der Waals surface area contributed by atoms with Crippen LogP contribution in [0.5, 0.6) is 0 Å². The molecule has 4 rings (SSSR count). The molecule has 6 nitrogen and oxygen atoms in total. The van der Waals surface area contributed by atoms with Crippen LogP contribution in [0.15, 0.2) is 77.8 Å². The van der Waals surface area contributed by atoms with Crippen LogP contribution in [0.4, 0.5) is 10.2 Å². The van der Waals surface area contributed by atoms with Crippen molar-refractivity contribution in [3.8, 4) is 11.3 Å². The Kier molecular flexibility index (Phi) is 7.26. The van der Waals surface area contributed by atoms with Crippen LogP contribution in [0.25, 0.3) is 11.3 Å². The fraction of sp³-hybridized carbons (Fsp3) is 0.160. The molecule has 0 spiro atoms. The van der Waals surface area contributed by atoms with Crippen LogP contribution in [0.1, 0.15) is 28.8 Å². The summed E-state index contributed by atoms with van der Waals surface area (Å²) < 4.78 is 15.3. The van der Waals surface area contributed by atoms with Crippen molar-refractivity contribution in [3.63, 3.8) is 0 Å². The first-order chi connectivity index (χ1) is 16.1. The van der Waals surface area contributed by atoms with Crippen molar-refractivity contribution in [2.45, 2.75) is 19.4 Å². The third kappa shape index (κ3) is 5.93. The molecular weight excluding hydrogens is 439 g/mol. The zero-order valence-electron chi connectivity index (χ0n) is 17.8. The standard InChI is InChI=1S/C25H23FN4O2S/c26-21-10-8-19(9-11-21)23-24(30(17-28-23)15-18-5-2-1-3-6-18)29-22(31)7-4-13-27-25(32)20-12-14-33-16-20/h1-3,5-6,8-12,14,16-17H,4,7,13,15H2,(H,27,32)(H,29,31). The van der Waals surface area contributed by atoms with Gasteiger partial charge in [0.15, 0.2) is 0 Å². The lowest BCUT2D eigenvalue weighted by Gasteiger charge is -2.12. The Bertz CT molecular complexity index is 1210. The number of thiophene rings is 1. The predicted octanol–water partition coefficient (Wildman–Crippen LogP) is 4.95. The van der Waals surface area contributed by atoms with Gasteiger partial charge in [0.05, 0.1) is 12.9 Å². The summed E-state index contributed by atoms with van der Waals surface area (Å²) in [6, 6.07) is 17.6. The zero-order chi connectivity index (χ0) is 23.0. The molecular formula is C25H23FN4O2S. The van der Waals surface area contributed by atoms with E-state index in [2.05, 4.69) is 15.6 Å². The number of rotatable bonds is 9. The number of hydrogen-bond donors (Lipinski definition) is 2. The second kappa shape index (κ2) is 10.7. The number of halogens is 1. The third-order valence-electron chi connectivity index (χ3n) is 5.06. The number of nitrogens with one attached hydrogen (secondary N) is 2. The number of nitrogens with zero attached hydrogens (tertiary/aromatic N) is 2. The fourth-order valence-corrected chi connectivity index (χ4v) is 4.01. The van der Waals surface area contributed by atoms with Gasteiger partial charge in [-0.3, -0.25) is 9.59 Å². The molecule has 0 aliphatic carbocycles. The summed E-state index contributed by atoms with van der Waals surface area (Å²) in [5.41, 5.74) is 2.97. The summed E-state index contributed by atoms with van der Waals surface area (Å²) in [5.74, 6) is -0.107. The van der Waals surface area contributed by atoms with Gasteiger partial charge >= 0.3 is 0 Å². The average Bonchev–Trinajstić information content (AvgIpc) is 3.49. The maximum atomic E-state index is 13.4. The van der Waals surface area contributed by atoms with E-state index in [1.807, 2.05) is 40.3 Å². The van der Waals surface area contributed by atoms with Crippen molar-refractivity contribution in [2.24, 2.45) is 0 Å². The van der Waals surface area contributed by atoms with Crippen molar-refractivity contribution in [1.82, 2.24) is 14.9 Å². The molecule has 0 aliphatic heterocycles. The highest BCUT2D eigenvalue weighted by Gasteiger charge is 2.16. The van der Waals surface area contributed by atoms with Gasteiger partial charge in [0.1, 0.15) is 17.3 Å². The van der Waals surface area contributed by atoms with Crippen LogP contribution in [0.2, 0.25) is 0 Å². The number of aromatic nitrogens is 2. The summed E-state index contributed by atoms with van der Waals surface area (Å²) in [6.45, 7) is 0.928. The Balaban J connectivity index is 1.43. The van der Waals surface area contributed by atoms with Gasteiger partial charge in [0.25, 0.3) is 5.91 Å². The number of anilines is 1. The quantitative estimate of drug-likeness (QED) is 0.346.